The number of nitrogens with one attached hydrogen (secondary N) is 2. The molecule has 0 saturated heterocycles. The Morgan fingerprint density at radius 2 is 2.18 bits per heavy atom. The van der Waals surface area contributed by atoms with Crippen molar-refractivity contribution in [2.24, 2.45) is 0 Å². The number of rotatable bonds is 4. The van der Waals surface area contributed by atoms with Crippen LogP contribution in [0.25, 0.3) is 0 Å². The highest BCUT2D eigenvalue weighted by atomic mass is 32.2. The summed E-state index contributed by atoms with van der Waals surface area (Å²) in [5.74, 6) is 0. The minimum Gasteiger partial charge on any atom is -0.364 e. The van der Waals surface area contributed by atoms with E-state index in [-0.39, 0.29) is 17.3 Å². The molecule has 0 spiro atoms. The van der Waals surface area contributed by atoms with Crippen molar-refractivity contribution in [1.82, 2.24) is 5.32 Å². The number of hydrogen-bond acceptors (Lipinski definition) is 4. The van der Waals surface area contributed by atoms with Crippen LogP contribution in [0.3, 0.4) is 0 Å². The van der Waals surface area contributed by atoms with E-state index in [2.05, 4.69) is 15.4 Å². The van der Waals surface area contributed by atoms with Crippen LogP contribution >= 0.6 is 0 Å². The maximum absolute atomic E-state index is 11.2. The fourth-order valence-electron chi connectivity index (χ4n) is 1.05. The number of methoxy groups -OCH3 is 1. The number of anilines is 1. The summed E-state index contributed by atoms with van der Waals surface area (Å²) in [7, 11) is -2.86. The van der Waals surface area contributed by atoms with E-state index in [1.54, 1.807) is 0 Å². The Morgan fingerprint density at radius 1 is 1.47 bits per heavy atom. The minimum absolute atomic E-state index is 0.0316. The Balaban J connectivity index is 2.76. The topological polar surface area (TPSA) is 105 Å². The average molecular weight is 260 g/mol. The first-order valence-electron chi connectivity index (χ1n) is 4.55. The van der Waals surface area contributed by atoms with Gasteiger partial charge in [0.25, 0.3) is 10.1 Å². The van der Waals surface area contributed by atoms with Crippen molar-refractivity contribution in [3.8, 4) is 0 Å². The number of carbonyl (C=O) groups excluding carboxylic acids is 1. The van der Waals surface area contributed by atoms with Crippen molar-refractivity contribution in [3.63, 3.8) is 0 Å². The second-order valence-corrected chi connectivity index (χ2v) is 4.49. The van der Waals surface area contributed by atoms with E-state index < -0.39 is 16.1 Å². The monoisotopic (exact) mass is 260 g/mol. The molecule has 94 valence electrons. The van der Waals surface area contributed by atoms with Crippen LogP contribution in [0.1, 0.15) is 0 Å². The molecule has 1 rings (SSSR count). The van der Waals surface area contributed by atoms with E-state index in [0.29, 0.717) is 0 Å². The van der Waals surface area contributed by atoms with Crippen molar-refractivity contribution in [3.05, 3.63) is 24.3 Å². The Labute approximate surface area is 98.5 Å². The fourth-order valence-corrected chi connectivity index (χ4v) is 1.57. The van der Waals surface area contributed by atoms with Gasteiger partial charge in [0.1, 0.15) is 6.73 Å². The Bertz CT molecular complexity index is 500. The number of amides is 2. The van der Waals surface area contributed by atoms with E-state index in [4.69, 9.17) is 4.55 Å². The second kappa shape index (κ2) is 5.62. The highest BCUT2D eigenvalue weighted by molar-refractivity contribution is 7.85. The predicted molar refractivity (Wildman–Crippen MR) is 60.3 cm³/mol. The molecule has 0 aliphatic carbocycles. The molecule has 0 aliphatic rings. The molecule has 1 aromatic carbocycles. The second-order valence-electron chi connectivity index (χ2n) is 3.07. The molecule has 2 amide bonds. The lowest BCUT2D eigenvalue weighted by atomic mass is 10.3. The van der Waals surface area contributed by atoms with Gasteiger partial charge in [-0.05, 0) is 18.2 Å². The third-order valence-electron chi connectivity index (χ3n) is 1.77. The van der Waals surface area contributed by atoms with Crippen LogP contribution in [0, 0.1) is 0 Å². The Kier molecular flexibility index (Phi) is 4.44. The maximum atomic E-state index is 11.2. The zero-order chi connectivity index (χ0) is 12.9. The molecule has 0 unspecified atom stereocenters. The molecular formula is C9H12N2O5S. The maximum Gasteiger partial charge on any atom is 0.321 e. The first-order valence-corrected chi connectivity index (χ1v) is 5.99. The molecule has 0 bridgehead atoms. The summed E-state index contributed by atoms with van der Waals surface area (Å²) in [6.45, 7) is 0.0316. The molecule has 7 nitrogen and oxygen atoms in total. The van der Waals surface area contributed by atoms with Crippen LogP contribution in [0.15, 0.2) is 29.2 Å². The predicted octanol–water partition coefficient (Wildman–Crippen LogP) is 0.659. The van der Waals surface area contributed by atoms with Crippen LogP contribution in [0.5, 0.6) is 0 Å². The minimum atomic E-state index is -4.27. The zero-order valence-electron chi connectivity index (χ0n) is 9.00. The third-order valence-corrected chi connectivity index (χ3v) is 2.62. The highest BCUT2D eigenvalue weighted by Gasteiger charge is 2.10. The van der Waals surface area contributed by atoms with Gasteiger partial charge in [0.15, 0.2) is 0 Å². The number of benzene rings is 1. The molecule has 8 heteroatoms. The first kappa shape index (κ1) is 13.4. The number of hydrogen-bond donors (Lipinski definition) is 3. The van der Waals surface area contributed by atoms with Gasteiger partial charge in [-0.25, -0.2) is 4.79 Å². The molecule has 17 heavy (non-hydrogen) atoms. The first-order chi connectivity index (χ1) is 7.93. The molecule has 0 aromatic heterocycles. The van der Waals surface area contributed by atoms with Crippen molar-refractivity contribution in [2.45, 2.75) is 4.90 Å². The molecule has 0 fully saturated rings. The van der Waals surface area contributed by atoms with Crippen LogP contribution in [-0.2, 0) is 14.9 Å². The van der Waals surface area contributed by atoms with Crippen molar-refractivity contribution in [2.75, 3.05) is 19.2 Å². The summed E-state index contributed by atoms with van der Waals surface area (Å²) < 4.78 is 35.1. The molecule has 0 atom stereocenters. The summed E-state index contributed by atoms with van der Waals surface area (Å²) in [4.78, 5) is 10.9. The van der Waals surface area contributed by atoms with E-state index in [1.165, 1.54) is 25.3 Å². The molecule has 0 heterocycles. The Morgan fingerprint density at radius 3 is 2.76 bits per heavy atom. The average Bonchev–Trinajstić information content (AvgIpc) is 2.25. The summed E-state index contributed by atoms with van der Waals surface area (Å²) in [6, 6.07) is 4.70. The van der Waals surface area contributed by atoms with Gasteiger partial charge in [0.2, 0.25) is 0 Å². The smallest absolute Gasteiger partial charge is 0.321 e. The molecule has 0 radical (unpaired) electrons. The lowest BCUT2D eigenvalue weighted by Crippen LogP contribution is -2.30. The van der Waals surface area contributed by atoms with Gasteiger partial charge in [-0.15, -0.1) is 0 Å². The summed E-state index contributed by atoms with van der Waals surface area (Å²) in [5.41, 5.74) is 0.244. The van der Waals surface area contributed by atoms with Crippen LogP contribution in [0.2, 0.25) is 0 Å². The van der Waals surface area contributed by atoms with Gasteiger partial charge < -0.3 is 15.4 Å². The fraction of sp³-hybridized carbons (Fsp3) is 0.222. The number of urea groups is 1. The standard InChI is InChI=1S/C9H12N2O5S/c1-16-6-10-9(12)11-7-3-2-4-8(5-7)17(13,14)15/h2-5H,6H2,1H3,(H2,10,11,12)(H,13,14,15). The van der Waals surface area contributed by atoms with Crippen molar-refractivity contribution < 1.29 is 22.5 Å². The summed E-state index contributed by atoms with van der Waals surface area (Å²) in [6.07, 6.45) is 0. The zero-order valence-corrected chi connectivity index (χ0v) is 9.82. The molecular weight excluding hydrogens is 248 g/mol. The third kappa shape index (κ3) is 4.39. The van der Waals surface area contributed by atoms with Crippen molar-refractivity contribution >= 4 is 21.8 Å². The molecule has 3 N–H and O–H groups in total. The molecule has 0 aliphatic heterocycles. The van der Waals surface area contributed by atoms with Gasteiger partial charge in [0.05, 0.1) is 4.90 Å². The molecule has 1 aromatic rings. The van der Waals surface area contributed by atoms with Crippen molar-refractivity contribution in [1.29, 1.82) is 0 Å². The van der Waals surface area contributed by atoms with E-state index in [0.717, 1.165) is 6.07 Å². The van der Waals surface area contributed by atoms with Crippen LogP contribution in [-0.4, -0.2) is 32.8 Å². The normalized spacial score (nSPS) is 10.9. The van der Waals surface area contributed by atoms with E-state index in [9.17, 15) is 13.2 Å². The SMILES string of the molecule is COCNC(=O)Nc1cccc(S(=O)(=O)O)c1. The summed E-state index contributed by atoms with van der Waals surface area (Å²) >= 11 is 0. The number of carbonyl (C=O) groups is 1. The number of ether oxygens (including phenoxy) is 1. The van der Waals surface area contributed by atoms with Crippen LogP contribution < -0.4 is 10.6 Å². The van der Waals surface area contributed by atoms with Gasteiger partial charge in [-0.2, -0.15) is 8.42 Å². The highest BCUT2D eigenvalue weighted by Crippen LogP contribution is 2.14. The van der Waals surface area contributed by atoms with Gasteiger partial charge in [0, 0.05) is 12.8 Å². The van der Waals surface area contributed by atoms with Crippen LogP contribution in [0.4, 0.5) is 10.5 Å². The van der Waals surface area contributed by atoms with E-state index in [1.807, 2.05) is 0 Å². The quantitative estimate of drug-likeness (QED) is 0.545. The largest absolute Gasteiger partial charge is 0.364 e. The van der Waals surface area contributed by atoms with Gasteiger partial charge in [-0.3, -0.25) is 4.55 Å². The lowest BCUT2D eigenvalue weighted by Gasteiger charge is -2.07. The summed E-state index contributed by atoms with van der Waals surface area (Å²) in [5, 5.41) is 4.74. The Hall–Kier alpha value is -1.64. The van der Waals surface area contributed by atoms with Gasteiger partial charge in [-0.1, -0.05) is 6.07 Å². The van der Waals surface area contributed by atoms with Gasteiger partial charge >= 0.3 is 6.03 Å². The van der Waals surface area contributed by atoms with E-state index >= 15 is 0 Å². The molecule has 0 saturated carbocycles. The lowest BCUT2D eigenvalue weighted by molar-refractivity contribution is 0.177.